The summed E-state index contributed by atoms with van der Waals surface area (Å²) in [5.74, 6) is 0.476. The molecule has 1 unspecified atom stereocenters. The first-order valence-corrected chi connectivity index (χ1v) is 10.5. The summed E-state index contributed by atoms with van der Waals surface area (Å²) in [6, 6.07) is 15.7. The number of hydrogen-bond donors (Lipinski definition) is 3. The zero-order valence-corrected chi connectivity index (χ0v) is 17.3. The fourth-order valence-electron chi connectivity index (χ4n) is 3.52. The second-order valence-corrected chi connectivity index (χ2v) is 7.74. The summed E-state index contributed by atoms with van der Waals surface area (Å²) < 4.78 is 0. The van der Waals surface area contributed by atoms with Gasteiger partial charge in [-0.2, -0.15) is 0 Å². The fourth-order valence-corrected chi connectivity index (χ4v) is 3.74. The Bertz CT molecular complexity index is 1010. The molecule has 3 aromatic rings. The van der Waals surface area contributed by atoms with Crippen molar-refractivity contribution >= 4 is 29.0 Å². The second kappa shape index (κ2) is 9.69. The summed E-state index contributed by atoms with van der Waals surface area (Å²) in [5, 5.41) is 10.1. The Hall–Kier alpha value is -2.96. The zero-order valence-electron chi connectivity index (χ0n) is 16.6. The minimum absolute atomic E-state index is 0.00579. The Labute approximate surface area is 181 Å². The number of amides is 1. The van der Waals surface area contributed by atoms with Crippen molar-refractivity contribution in [3.63, 3.8) is 0 Å². The molecule has 0 aliphatic carbocycles. The molecule has 154 valence electrons. The quantitative estimate of drug-likeness (QED) is 0.551. The molecule has 4 rings (SSSR count). The van der Waals surface area contributed by atoms with Crippen LogP contribution in [0.25, 0.3) is 11.1 Å². The maximum atomic E-state index is 12.5. The van der Waals surface area contributed by atoms with Gasteiger partial charge in [-0.15, -0.1) is 0 Å². The van der Waals surface area contributed by atoms with Crippen LogP contribution >= 0.6 is 11.6 Å². The number of hydrogen-bond acceptors (Lipinski definition) is 5. The predicted molar refractivity (Wildman–Crippen MR) is 120 cm³/mol. The Kier molecular flexibility index (Phi) is 6.57. The monoisotopic (exact) mass is 421 g/mol. The van der Waals surface area contributed by atoms with E-state index in [9.17, 15) is 4.79 Å². The van der Waals surface area contributed by atoms with Gasteiger partial charge in [-0.1, -0.05) is 29.8 Å². The topological polar surface area (TPSA) is 78.9 Å². The number of pyridine rings is 2. The average molecular weight is 422 g/mol. The molecule has 6 nitrogen and oxygen atoms in total. The number of carbonyl (C=O) groups is 1. The van der Waals surface area contributed by atoms with E-state index in [1.807, 2.05) is 48.5 Å². The van der Waals surface area contributed by atoms with Crippen LogP contribution in [0.3, 0.4) is 0 Å². The van der Waals surface area contributed by atoms with Gasteiger partial charge in [-0.25, -0.2) is 4.98 Å². The summed E-state index contributed by atoms with van der Waals surface area (Å²) in [6.07, 6.45) is 5.27. The second-order valence-electron chi connectivity index (χ2n) is 7.34. The summed E-state index contributed by atoms with van der Waals surface area (Å²) in [6.45, 7) is 2.30. The van der Waals surface area contributed by atoms with Gasteiger partial charge in [0.1, 0.15) is 5.82 Å². The van der Waals surface area contributed by atoms with Crippen LogP contribution in [0.15, 0.2) is 60.9 Å². The lowest BCUT2D eigenvalue weighted by Gasteiger charge is -2.21. The third-order valence-corrected chi connectivity index (χ3v) is 5.45. The third kappa shape index (κ3) is 5.14. The number of anilines is 2. The van der Waals surface area contributed by atoms with Gasteiger partial charge >= 0.3 is 0 Å². The first-order chi connectivity index (χ1) is 14.7. The SMILES string of the molecule is O=C(Nc1cc(-c2cccc(NCc3ccccn3)c2)c(Cl)cn1)C1CCCNC1. The number of carbonyl (C=O) groups excluding carboxylic acids is 1. The molecule has 1 amide bonds. The molecule has 0 spiro atoms. The maximum Gasteiger partial charge on any atom is 0.229 e. The number of halogens is 1. The minimum atomic E-state index is -0.0289. The van der Waals surface area contributed by atoms with Gasteiger partial charge in [0.15, 0.2) is 0 Å². The van der Waals surface area contributed by atoms with Crippen LogP contribution in [-0.2, 0) is 11.3 Å². The van der Waals surface area contributed by atoms with Crippen LogP contribution in [-0.4, -0.2) is 29.0 Å². The maximum absolute atomic E-state index is 12.5. The molecule has 3 heterocycles. The number of aromatic nitrogens is 2. The smallest absolute Gasteiger partial charge is 0.229 e. The Morgan fingerprint density at radius 1 is 1.17 bits per heavy atom. The van der Waals surface area contributed by atoms with Crippen LogP contribution in [0, 0.1) is 5.92 Å². The van der Waals surface area contributed by atoms with Gasteiger partial charge in [0.25, 0.3) is 0 Å². The van der Waals surface area contributed by atoms with E-state index < -0.39 is 0 Å². The highest BCUT2D eigenvalue weighted by atomic mass is 35.5. The van der Waals surface area contributed by atoms with E-state index in [1.165, 1.54) is 0 Å². The average Bonchev–Trinajstić information content (AvgIpc) is 2.80. The Morgan fingerprint density at radius 2 is 2.10 bits per heavy atom. The van der Waals surface area contributed by atoms with E-state index in [1.54, 1.807) is 12.4 Å². The lowest BCUT2D eigenvalue weighted by Crippen LogP contribution is -2.37. The highest BCUT2D eigenvalue weighted by Crippen LogP contribution is 2.31. The molecule has 1 aliphatic rings. The number of benzene rings is 1. The molecule has 1 saturated heterocycles. The van der Waals surface area contributed by atoms with Gasteiger partial charge in [0.05, 0.1) is 23.2 Å². The molecule has 0 bridgehead atoms. The van der Waals surface area contributed by atoms with Gasteiger partial charge in [-0.05, 0) is 55.3 Å². The van der Waals surface area contributed by atoms with Gasteiger partial charge in [0.2, 0.25) is 5.91 Å². The first kappa shape index (κ1) is 20.3. The molecular formula is C23H24ClN5O. The zero-order chi connectivity index (χ0) is 20.8. The van der Waals surface area contributed by atoms with Crippen molar-refractivity contribution in [1.29, 1.82) is 0 Å². The fraction of sp³-hybridized carbons (Fsp3) is 0.261. The van der Waals surface area contributed by atoms with Crippen molar-refractivity contribution in [2.45, 2.75) is 19.4 Å². The number of nitrogens with zero attached hydrogens (tertiary/aromatic N) is 2. The molecule has 1 aliphatic heterocycles. The molecule has 1 aromatic carbocycles. The van der Waals surface area contributed by atoms with E-state index >= 15 is 0 Å². The van der Waals surface area contributed by atoms with Crippen LogP contribution in [0.5, 0.6) is 0 Å². The van der Waals surface area contributed by atoms with Crippen molar-refractivity contribution in [2.75, 3.05) is 23.7 Å². The van der Waals surface area contributed by atoms with Crippen LogP contribution in [0.4, 0.5) is 11.5 Å². The Balaban J connectivity index is 1.49. The lowest BCUT2D eigenvalue weighted by atomic mass is 9.99. The van der Waals surface area contributed by atoms with Crippen molar-refractivity contribution in [2.24, 2.45) is 5.92 Å². The number of nitrogens with one attached hydrogen (secondary N) is 3. The first-order valence-electron chi connectivity index (χ1n) is 10.1. The van der Waals surface area contributed by atoms with Crippen molar-refractivity contribution in [3.8, 4) is 11.1 Å². The van der Waals surface area contributed by atoms with Gasteiger partial charge < -0.3 is 16.0 Å². The number of piperidine rings is 1. The molecule has 30 heavy (non-hydrogen) atoms. The largest absolute Gasteiger partial charge is 0.379 e. The summed E-state index contributed by atoms with van der Waals surface area (Å²) in [7, 11) is 0. The number of rotatable bonds is 6. The summed E-state index contributed by atoms with van der Waals surface area (Å²) in [5.41, 5.74) is 3.70. The Morgan fingerprint density at radius 3 is 2.90 bits per heavy atom. The standard InChI is InChI=1S/C23H24ClN5O/c24-21-15-28-22(29-23(30)17-6-4-9-25-13-17)12-20(21)16-5-3-8-18(11-16)27-14-19-7-1-2-10-26-19/h1-3,5,7-8,10-12,15,17,25,27H,4,6,9,13-14H2,(H,28,29,30). The molecular weight excluding hydrogens is 398 g/mol. The van der Waals surface area contributed by atoms with Crippen LogP contribution < -0.4 is 16.0 Å². The molecule has 0 saturated carbocycles. The summed E-state index contributed by atoms with van der Waals surface area (Å²) >= 11 is 6.43. The normalized spacial score (nSPS) is 16.1. The highest BCUT2D eigenvalue weighted by molar-refractivity contribution is 6.33. The van der Waals surface area contributed by atoms with E-state index in [0.717, 1.165) is 41.9 Å². The van der Waals surface area contributed by atoms with Crippen molar-refractivity contribution < 1.29 is 4.79 Å². The molecule has 1 fully saturated rings. The molecule has 0 radical (unpaired) electrons. The molecule has 3 N–H and O–H groups in total. The highest BCUT2D eigenvalue weighted by Gasteiger charge is 2.21. The van der Waals surface area contributed by atoms with Crippen molar-refractivity contribution in [3.05, 3.63) is 71.6 Å². The van der Waals surface area contributed by atoms with Crippen LogP contribution in [0.2, 0.25) is 5.02 Å². The minimum Gasteiger partial charge on any atom is -0.379 e. The van der Waals surface area contributed by atoms with E-state index in [4.69, 9.17) is 11.6 Å². The van der Waals surface area contributed by atoms with Crippen LogP contribution in [0.1, 0.15) is 18.5 Å². The van der Waals surface area contributed by atoms with E-state index in [2.05, 4.69) is 25.9 Å². The van der Waals surface area contributed by atoms with Gasteiger partial charge in [0, 0.05) is 30.2 Å². The van der Waals surface area contributed by atoms with Crippen molar-refractivity contribution in [1.82, 2.24) is 15.3 Å². The van der Waals surface area contributed by atoms with E-state index in [0.29, 0.717) is 23.9 Å². The molecule has 7 heteroatoms. The predicted octanol–water partition coefficient (Wildman–Crippen LogP) is 4.35. The van der Waals surface area contributed by atoms with Gasteiger partial charge in [-0.3, -0.25) is 9.78 Å². The lowest BCUT2D eigenvalue weighted by molar-refractivity contribution is -0.120. The summed E-state index contributed by atoms with van der Waals surface area (Å²) in [4.78, 5) is 21.2. The van der Waals surface area contributed by atoms with E-state index in [-0.39, 0.29) is 11.8 Å². The molecule has 1 atom stereocenters. The molecule has 2 aromatic heterocycles. The third-order valence-electron chi connectivity index (χ3n) is 5.15.